The Hall–Kier alpha value is -4.82. The Labute approximate surface area is 276 Å². The quantitative estimate of drug-likeness (QED) is 0.0387. The zero-order valence-corrected chi connectivity index (χ0v) is 26.3. The van der Waals surface area contributed by atoms with E-state index in [1.807, 2.05) is 6.08 Å². The number of alkyl halides is 2. The Morgan fingerprint density at radius 1 is 1.06 bits per heavy atom. The van der Waals surface area contributed by atoms with Gasteiger partial charge in [-0.3, -0.25) is 4.79 Å². The number of benzene rings is 2. The van der Waals surface area contributed by atoms with Gasteiger partial charge in [-0.05, 0) is 67.2 Å². The van der Waals surface area contributed by atoms with E-state index < -0.39 is 53.6 Å². The molecule has 12 nitrogen and oxygen atoms in total. The van der Waals surface area contributed by atoms with E-state index in [9.17, 15) is 38.7 Å². The number of hydrogen-bond donors (Lipinski definition) is 2. The zero-order chi connectivity index (χ0) is 34.9. The molecule has 2 aromatic carbocycles. The van der Waals surface area contributed by atoms with Gasteiger partial charge in [-0.1, -0.05) is 42.5 Å². The van der Waals surface area contributed by atoms with E-state index in [-0.39, 0.29) is 37.6 Å². The minimum absolute atomic E-state index is 0.0857. The Morgan fingerprint density at radius 2 is 1.83 bits per heavy atom. The normalized spacial score (nSPS) is 19.5. The van der Waals surface area contributed by atoms with Gasteiger partial charge in [-0.15, -0.1) is 10.1 Å². The van der Waals surface area contributed by atoms with Gasteiger partial charge in [0, 0.05) is 24.8 Å². The smallest absolute Gasteiger partial charge is 0.330 e. The molecule has 0 aliphatic heterocycles. The van der Waals surface area contributed by atoms with Crippen molar-refractivity contribution in [1.29, 1.82) is 0 Å². The Morgan fingerprint density at radius 3 is 2.56 bits per heavy atom. The zero-order valence-electron chi connectivity index (χ0n) is 26.3. The van der Waals surface area contributed by atoms with E-state index in [1.54, 1.807) is 48.5 Å². The lowest BCUT2D eigenvalue weighted by Crippen LogP contribution is -2.25. The standard InChI is InChI=1S/C34H39F2NO11/c1-44-31-21-24(14-16-32(40)45-19-20-47-37(42)43)13-15-30(31)48-33(41)12-8-3-2-7-11-26-27(29(39)22-28(26)38)17-18-34(35,36)23-46-25-9-5-4-6-10-25/h2,4-7,9-10,13-18,21,26-29,38-39H,3,8,11-12,19-20,22-23H2,1H3/b7-2-,16-14+,18-17+/t26-,27-,28+,29-/m1/s1. The molecular weight excluding hydrogens is 636 g/mol. The number of rotatable bonds is 19. The summed E-state index contributed by atoms with van der Waals surface area (Å²) < 4.78 is 49.5. The van der Waals surface area contributed by atoms with Crippen molar-refractivity contribution in [3.8, 4) is 17.2 Å². The van der Waals surface area contributed by atoms with Crippen molar-refractivity contribution >= 4 is 18.0 Å². The maximum atomic E-state index is 14.4. The maximum absolute atomic E-state index is 14.4. The lowest BCUT2D eigenvalue weighted by molar-refractivity contribution is -0.757. The number of halogens is 2. The molecule has 0 heterocycles. The Balaban J connectivity index is 1.41. The van der Waals surface area contributed by atoms with Crippen LogP contribution in [-0.4, -0.2) is 72.3 Å². The van der Waals surface area contributed by atoms with Gasteiger partial charge in [0.2, 0.25) is 0 Å². The van der Waals surface area contributed by atoms with Gasteiger partial charge in [-0.25, -0.2) is 4.79 Å². The number of para-hydroxylation sites is 1. The number of methoxy groups -OCH3 is 1. The van der Waals surface area contributed by atoms with Crippen LogP contribution in [0.3, 0.4) is 0 Å². The molecule has 0 bridgehead atoms. The molecule has 48 heavy (non-hydrogen) atoms. The third-order valence-electron chi connectivity index (χ3n) is 7.33. The largest absolute Gasteiger partial charge is 0.493 e. The van der Waals surface area contributed by atoms with Crippen molar-refractivity contribution < 1.29 is 57.5 Å². The van der Waals surface area contributed by atoms with Crippen LogP contribution in [0.2, 0.25) is 0 Å². The topological polar surface area (TPSA) is 164 Å². The number of aliphatic hydroxyl groups excluding tert-OH is 2. The SMILES string of the molecule is COc1cc(/C=C/C(=O)OCCO[N+](=O)[O-])ccc1OC(=O)CCC/C=C\C[C@@H]1[C@@H](/C=C/C(F)(F)COc2ccccc2)[C@H](O)C[C@@H]1O. The lowest BCUT2D eigenvalue weighted by atomic mass is 9.89. The second-order valence-corrected chi connectivity index (χ2v) is 10.9. The minimum atomic E-state index is -3.27. The first-order valence-electron chi connectivity index (χ1n) is 15.2. The van der Waals surface area contributed by atoms with Gasteiger partial charge in [0.05, 0.1) is 19.3 Å². The predicted molar refractivity (Wildman–Crippen MR) is 169 cm³/mol. The second-order valence-electron chi connectivity index (χ2n) is 10.9. The fraction of sp³-hybridized carbons (Fsp3) is 0.412. The molecule has 0 saturated heterocycles. The van der Waals surface area contributed by atoms with Crippen LogP contribution in [0.15, 0.2) is 78.9 Å². The molecule has 1 aliphatic carbocycles. The fourth-order valence-electron chi connectivity index (χ4n) is 4.95. The molecule has 2 N–H and O–H groups in total. The van der Waals surface area contributed by atoms with Crippen LogP contribution >= 0.6 is 0 Å². The summed E-state index contributed by atoms with van der Waals surface area (Å²) in [5.74, 6) is -4.85. The molecule has 260 valence electrons. The predicted octanol–water partition coefficient (Wildman–Crippen LogP) is 5.11. The number of aliphatic hydroxyl groups is 2. The van der Waals surface area contributed by atoms with Crippen molar-refractivity contribution in [3.63, 3.8) is 0 Å². The average molecular weight is 676 g/mol. The van der Waals surface area contributed by atoms with Crippen LogP contribution in [0, 0.1) is 22.0 Å². The van der Waals surface area contributed by atoms with Crippen molar-refractivity contribution in [2.75, 3.05) is 26.9 Å². The third-order valence-corrected chi connectivity index (χ3v) is 7.33. The molecule has 0 amide bonds. The molecule has 0 aromatic heterocycles. The molecule has 14 heteroatoms. The molecule has 4 atom stereocenters. The van der Waals surface area contributed by atoms with Gasteiger partial charge >= 0.3 is 11.9 Å². The summed E-state index contributed by atoms with van der Waals surface area (Å²) in [4.78, 5) is 38.3. The highest BCUT2D eigenvalue weighted by Crippen LogP contribution is 2.37. The van der Waals surface area contributed by atoms with Crippen molar-refractivity contribution in [2.24, 2.45) is 11.8 Å². The van der Waals surface area contributed by atoms with E-state index in [0.717, 1.165) is 12.2 Å². The van der Waals surface area contributed by atoms with E-state index in [1.165, 1.54) is 25.3 Å². The molecule has 3 rings (SSSR count). The first-order chi connectivity index (χ1) is 23.0. The third kappa shape index (κ3) is 13.1. The van der Waals surface area contributed by atoms with Gasteiger partial charge in [0.25, 0.3) is 11.0 Å². The summed E-state index contributed by atoms with van der Waals surface area (Å²) in [5, 5.41) is 29.9. The number of allylic oxidation sites excluding steroid dienone is 2. The monoisotopic (exact) mass is 675 g/mol. The number of carbonyl (C=O) groups is 2. The summed E-state index contributed by atoms with van der Waals surface area (Å²) in [5.41, 5.74) is 0.540. The van der Waals surface area contributed by atoms with Crippen LogP contribution in [0.25, 0.3) is 6.08 Å². The molecule has 0 unspecified atom stereocenters. The molecule has 0 radical (unpaired) electrons. The van der Waals surface area contributed by atoms with E-state index in [0.29, 0.717) is 30.6 Å². The maximum Gasteiger partial charge on any atom is 0.330 e. The van der Waals surface area contributed by atoms with Crippen molar-refractivity contribution in [3.05, 3.63) is 94.6 Å². The summed E-state index contributed by atoms with van der Waals surface area (Å²) in [6.07, 6.45) is 7.88. The number of nitrogens with zero attached hydrogens (tertiary/aromatic N) is 1. The second kappa shape index (κ2) is 19.1. The van der Waals surface area contributed by atoms with Crippen LogP contribution in [0.1, 0.15) is 37.7 Å². The van der Waals surface area contributed by atoms with Crippen LogP contribution in [-0.2, 0) is 19.2 Å². The highest BCUT2D eigenvalue weighted by atomic mass is 19.3. The summed E-state index contributed by atoms with van der Waals surface area (Å²) in [6.45, 7) is -1.53. The molecule has 1 aliphatic rings. The molecular formula is C34H39F2NO11. The van der Waals surface area contributed by atoms with E-state index in [2.05, 4.69) is 4.84 Å². The molecule has 1 saturated carbocycles. The molecule has 1 fully saturated rings. The minimum Gasteiger partial charge on any atom is -0.493 e. The van der Waals surface area contributed by atoms with E-state index in [4.69, 9.17) is 18.9 Å². The number of ether oxygens (including phenoxy) is 4. The highest BCUT2D eigenvalue weighted by molar-refractivity contribution is 5.87. The highest BCUT2D eigenvalue weighted by Gasteiger charge is 2.40. The summed E-state index contributed by atoms with van der Waals surface area (Å²) in [7, 11) is 1.39. The fourth-order valence-corrected chi connectivity index (χ4v) is 4.95. The number of unbranched alkanes of at least 4 members (excludes halogenated alkanes) is 1. The molecule has 0 spiro atoms. The number of esters is 2. The molecule has 2 aromatic rings. The van der Waals surface area contributed by atoms with Gasteiger partial charge in [0.1, 0.15) is 19.0 Å². The van der Waals surface area contributed by atoms with Crippen LogP contribution in [0.5, 0.6) is 17.2 Å². The van der Waals surface area contributed by atoms with Crippen molar-refractivity contribution in [1.82, 2.24) is 0 Å². The average Bonchev–Trinajstić information content (AvgIpc) is 3.33. The lowest BCUT2D eigenvalue weighted by Gasteiger charge is -2.20. The van der Waals surface area contributed by atoms with Gasteiger partial charge in [0.15, 0.2) is 18.1 Å². The summed E-state index contributed by atoms with van der Waals surface area (Å²) >= 11 is 0. The van der Waals surface area contributed by atoms with Gasteiger partial charge < -0.3 is 34.0 Å². The first-order valence-corrected chi connectivity index (χ1v) is 15.2. The summed E-state index contributed by atoms with van der Waals surface area (Å²) in [6, 6.07) is 12.9. The van der Waals surface area contributed by atoms with Crippen LogP contribution in [0.4, 0.5) is 8.78 Å². The van der Waals surface area contributed by atoms with Crippen molar-refractivity contribution in [2.45, 2.75) is 50.2 Å². The Bertz CT molecular complexity index is 1430. The first kappa shape index (κ1) is 37.6. The van der Waals surface area contributed by atoms with E-state index >= 15 is 0 Å². The van der Waals surface area contributed by atoms with Crippen LogP contribution < -0.4 is 14.2 Å². The van der Waals surface area contributed by atoms with Gasteiger partial charge in [-0.2, -0.15) is 8.78 Å². The Kier molecular flexibility index (Phi) is 15.0. The number of hydrogen-bond acceptors (Lipinski definition) is 11. The number of carbonyl (C=O) groups excluding carboxylic acids is 2.